The predicted molar refractivity (Wildman–Crippen MR) is 221 cm³/mol. The molecule has 2 saturated heterocycles. The van der Waals surface area contributed by atoms with E-state index in [1.54, 1.807) is 18.3 Å². The van der Waals surface area contributed by atoms with Crippen molar-refractivity contribution in [3.05, 3.63) is 94.9 Å². The summed E-state index contributed by atoms with van der Waals surface area (Å²) in [6.45, 7) is 11.4. The Hall–Kier alpha value is -4.93. The maximum atomic E-state index is 13.5. The predicted octanol–water partition coefficient (Wildman–Crippen LogP) is 9.55. The van der Waals surface area contributed by atoms with Gasteiger partial charge in [0.05, 0.1) is 44.9 Å². The number of pyridine rings is 2. The second-order valence-electron chi connectivity index (χ2n) is 16.2. The lowest BCUT2D eigenvalue weighted by molar-refractivity contribution is 0.0690. The number of benzene rings is 2. The van der Waals surface area contributed by atoms with Crippen molar-refractivity contribution in [1.82, 2.24) is 15.0 Å². The van der Waals surface area contributed by atoms with Crippen LogP contribution in [-0.2, 0) is 0 Å². The normalized spacial score (nSPS) is 25.8. The molecule has 1 amide bonds. The molecule has 0 spiro atoms. The van der Waals surface area contributed by atoms with Crippen LogP contribution in [0.2, 0.25) is 0 Å². The molecule has 13 heteroatoms. The molecule has 54 heavy (non-hydrogen) atoms. The molecule has 5 aromatic rings. The molecule has 0 saturated carbocycles. The Bertz CT molecular complexity index is 2360. The first-order chi connectivity index (χ1) is 25.7. The SMILES string of the molecule is CCC1(C)CC2(C)CC(C)(CN=C(C)C(=CN)c3ccc(-c4ccc5cncc(C(=O)Nc6nc7ccccc7s6)c5c4)nc3C(=O)O)C[P+](N=O)(C1)C2. The van der Waals surface area contributed by atoms with Crippen LogP contribution in [0.1, 0.15) is 80.3 Å². The van der Waals surface area contributed by atoms with E-state index in [2.05, 4.69) is 52.9 Å². The van der Waals surface area contributed by atoms with Gasteiger partial charge in [0.25, 0.3) is 5.91 Å². The van der Waals surface area contributed by atoms with Crippen molar-refractivity contribution in [3.8, 4) is 11.3 Å². The molecular formula is C41H45N7O4PS+. The second-order valence-corrected chi connectivity index (χ2v) is 20.6. The molecule has 0 aliphatic carbocycles. The van der Waals surface area contributed by atoms with Crippen molar-refractivity contribution < 1.29 is 14.7 Å². The average Bonchev–Trinajstić information content (AvgIpc) is 3.55. The minimum atomic E-state index is -2.05. The standard InChI is InChI=1S/C41H44N7O4PS/c1-6-39(3)19-40(4)20-41(5,24-53(22-39,23-40)48-52)21-44-25(2)30(16-42)28-13-14-32(45-35(28)37(50)51)26-11-12-27-17-43-18-31(29(27)15-26)36(49)47-38-46-33-9-7-8-10-34(33)54-38/h7-18H,6,19-24H2,1-5H3,(H3-,42,43,44,46,47,49,50,51)/p+1. The first-order valence-electron chi connectivity index (χ1n) is 18.1. The number of nitroso groups, excluding NO2 is 1. The van der Waals surface area contributed by atoms with E-state index >= 15 is 0 Å². The van der Waals surface area contributed by atoms with E-state index in [1.165, 1.54) is 23.7 Å². The first kappa shape index (κ1) is 37.4. The summed E-state index contributed by atoms with van der Waals surface area (Å²) in [5, 5.41) is 15.1. The number of aliphatic imine (C=N–C) groups is 1. The Labute approximate surface area is 319 Å². The lowest BCUT2D eigenvalue weighted by atomic mass is 9.65. The minimum Gasteiger partial charge on any atom is -0.476 e. The lowest BCUT2D eigenvalue weighted by Gasteiger charge is -2.54. The van der Waals surface area contributed by atoms with Gasteiger partial charge in [0.1, 0.15) is 0 Å². The first-order valence-corrected chi connectivity index (χ1v) is 21.3. The number of thiazole rings is 1. The summed E-state index contributed by atoms with van der Waals surface area (Å²) in [5.74, 6) is -1.56. The fourth-order valence-electron chi connectivity index (χ4n) is 9.47. The van der Waals surface area contributed by atoms with Crippen LogP contribution in [-0.4, -0.2) is 62.7 Å². The summed E-state index contributed by atoms with van der Waals surface area (Å²) < 4.78 is 0.963. The highest BCUT2D eigenvalue weighted by Gasteiger charge is 2.64. The summed E-state index contributed by atoms with van der Waals surface area (Å²) in [5.41, 5.74) is 9.60. The van der Waals surface area contributed by atoms with Crippen molar-refractivity contribution in [2.45, 2.75) is 53.9 Å². The van der Waals surface area contributed by atoms with Crippen molar-refractivity contribution in [1.29, 1.82) is 0 Å². The average molecular weight is 763 g/mol. The van der Waals surface area contributed by atoms with Gasteiger partial charge < -0.3 is 10.8 Å². The zero-order valence-electron chi connectivity index (χ0n) is 31.2. The number of carboxylic acid groups (broad SMARTS) is 1. The quantitative estimate of drug-likeness (QED) is 0.0717. The number of aromatic nitrogens is 3. The van der Waals surface area contributed by atoms with Gasteiger partial charge in [-0.3, -0.25) is 20.1 Å². The Morgan fingerprint density at radius 1 is 1.00 bits per heavy atom. The summed E-state index contributed by atoms with van der Waals surface area (Å²) in [6, 6.07) is 16.6. The third-order valence-corrected chi connectivity index (χ3v) is 16.6. The van der Waals surface area contributed by atoms with Crippen LogP contribution >= 0.6 is 18.7 Å². The number of hydrogen-bond donors (Lipinski definition) is 3. The number of anilines is 1. The molecule has 4 unspecified atom stereocenters. The highest BCUT2D eigenvalue weighted by Crippen LogP contribution is 2.77. The van der Waals surface area contributed by atoms with E-state index in [4.69, 9.17) is 10.7 Å². The Morgan fingerprint density at radius 2 is 1.76 bits per heavy atom. The van der Waals surface area contributed by atoms with Crippen molar-refractivity contribution in [2.75, 3.05) is 30.3 Å². The number of carboxylic acids is 1. The van der Waals surface area contributed by atoms with Crippen LogP contribution in [0.3, 0.4) is 0 Å². The highest BCUT2D eigenvalue weighted by molar-refractivity contribution is 7.74. The number of rotatable bonds is 10. The number of nitrogens with zero attached hydrogens (tertiary/aromatic N) is 5. The summed E-state index contributed by atoms with van der Waals surface area (Å²) in [4.78, 5) is 61.0. The van der Waals surface area contributed by atoms with Gasteiger partial charge in [-0.15, -0.1) is 4.91 Å². The molecule has 278 valence electrons. The lowest BCUT2D eigenvalue weighted by Crippen LogP contribution is -2.50. The summed E-state index contributed by atoms with van der Waals surface area (Å²) in [7, 11) is -2.05. The molecule has 11 nitrogen and oxygen atoms in total. The van der Waals surface area contributed by atoms with Gasteiger partial charge >= 0.3 is 5.97 Å². The van der Waals surface area contributed by atoms with Crippen molar-refractivity contribution >= 4 is 68.0 Å². The zero-order chi connectivity index (χ0) is 38.5. The third-order valence-electron chi connectivity index (χ3n) is 11.2. The number of fused-ring (bicyclic) bond motifs is 4. The molecule has 2 aromatic carbocycles. The number of hydrogen-bond acceptors (Lipinski definition) is 10. The van der Waals surface area contributed by atoms with Crippen LogP contribution in [0.4, 0.5) is 5.13 Å². The van der Waals surface area contributed by atoms with E-state index < -0.39 is 13.4 Å². The number of amides is 1. The van der Waals surface area contributed by atoms with Crippen molar-refractivity contribution in [2.24, 2.45) is 31.9 Å². The molecule has 4 atom stereocenters. The van der Waals surface area contributed by atoms with E-state index in [0.29, 0.717) is 50.7 Å². The number of para-hydroxylation sites is 1. The van der Waals surface area contributed by atoms with Crippen LogP contribution in [0, 0.1) is 21.2 Å². The van der Waals surface area contributed by atoms with Crippen LogP contribution in [0.25, 0.3) is 37.8 Å². The van der Waals surface area contributed by atoms with Gasteiger partial charge in [-0.2, -0.15) is 0 Å². The van der Waals surface area contributed by atoms with Gasteiger partial charge in [0.15, 0.2) is 18.2 Å². The Morgan fingerprint density at radius 3 is 2.48 bits per heavy atom. The molecule has 0 radical (unpaired) electrons. The molecule has 3 aromatic heterocycles. The van der Waals surface area contributed by atoms with Gasteiger partial charge in [-0.25, -0.2) is 14.8 Å². The van der Waals surface area contributed by atoms with E-state index in [1.807, 2.05) is 49.4 Å². The Kier molecular flexibility index (Phi) is 9.73. The van der Waals surface area contributed by atoms with E-state index in [9.17, 15) is 19.6 Å². The van der Waals surface area contributed by atoms with E-state index in [0.717, 1.165) is 53.4 Å². The fourth-order valence-corrected chi connectivity index (χ4v) is 15.9. The van der Waals surface area contributed by atoms with Gasteiger partial charge in [0.2, 0.25) is 0 Å². The smallest absolute Gasteiger partial charge is 0.355 e. The molecule has 7 rings (SSSR count). The number of aromatic carboxylic acids is 1. The number of carbonyl (C=O) groups is 2. The highest BCUT2D eigenvalue weighted by atomic mass is 32.1. The maximum Gasteiger partial charge on any atom is 0.355 e. The maximum absolute atomic E-state index is 13.5. The molecular weight excluding hydrogens is 718 g/mol. The largest absolute Gasteiger partial charge is 0.476 e. The number of allylic oxidation sites excluding steroid dienone is 1. The van der Waals surface area contributed by atoms with Gasteiger partial charge in [-0.1, -0.05) is 63.3 Å². The Balaban J connectivity index is 1.16. The number of nitrogens with one attached hydrogen (secondary N) is 1. The molecule has 2 fully saturated rings. The van der Waals surface area contributed by atoms with Gasteiger partial charge in [-0.05, 0) is 61.9 Å². The number of nitrogens with two attached hydrogens (primary N) is 1. The molecule has 2 bridgehead atoms. The second kappa shape index (κ2) is 14.0. The van der Waals surface area contributed by atoms with Gasteiger partial charge in [0, 0.05) is 69.2 Å². The molecule has 4 N–H and O–H groups in total. The summed E-state index contributed by atoms with van der Waals surface area (Å²) in [6.07, 6.45) is 10.2. The van der Waals surface area contributed by atoms with Crippen LogP contribution < -0.4 is 11.1 Å². The fraction of sp³-hybridized carbons (Fsp3) is 0.366. The molecule has 5 heterocycles. The third kappa shape index (κ3) is 7.17. The summed E-state index contributed by atoms with van der Waals surface area (Å²) >= 11 is 1.39. The molecule has 2 aliphatic rings. The number of carbonyl (C=O) groups excluding carboxylic acids is 1. The van der Waals surface area contributed by atoms with Crippen LogP contribution in [0.5, 0.6) is 0 Å². The van der Waals surface area contributed by atoms with Crippen molar-refractivity contribution in [3.63, 3.8) is 0 Å². The van der Waals surface area contributed by atoms with E-state index in [-0.39, 0.29) is 27.8 Å². The zero-order valence-corrected chi connectivity index (χ0v) is 32.9. The minimum absolute atomic E-state index is 0.0319. The monoisotopic (exact) mass is 762 g/mol. The molecule has 2 aliphatic heterocycles. The topological polar surface area (TPSA) is 173 Å². The van der Waals surface area contributed by atoms with Crippen LogP contribution in [0.15, 0.2) is 83.1 Å².